The number of para-hydroxylation sites is 1. The zero-order valence-corrected chi connectivity index (χ0v) is 24.2. The molecule has 0 aliphatic carbocycles. The van der Waals surface area contributed by atoms with Gasteiger partial charge in [-0.15, -0.1) is 0 Å². The summed E-state index contributed by atoms with van der Waals surface area (Å²) in [7, 11) is -0.787. The maximum absolute atomic E-state index is 13.5. The first-order valence-corrected chi connectivity index (χ1v) is 16.8. The van der Waals surface area contributed by atoms with Crippen molar-refractivity contribution in [2.75, 3.05) is 23.1 Å². The fourth-order valence-corrected chi connectivity index (χ4v) is 6.27. The van der Waals surface area contributed by atoms with E-state index in [9.17, 15) is 19.2 Å². The standard InChI is InChI=1S/C29H36N4O5Si/c1-19-20(2)33(29(37)32(19)22-8-6-5-7-9-22)23-10-11-24-21(16-23)17-30(27(24)35)25-12-13-26(34)31(28(25)36)18-38-14-15-39(3)4/h5-11,16,19-20,25,39H,12-15,17-18H2,1-4H3. The average molecular weight is 549 g/mol. The van der Waals surface area contributed by atoms with Gasteiger partial charge >= 0.3 is 6.03 Å². The number of carbonyl (C=O) groups excluding carboxylic acids is 4. The van der Waals surface area contributed by atoms with Gasteiger partial charge in [0.05, 0.1) is 12.1 Å². The average Bonchev–Trinajstić information content (AvgIpc) is 3.35. The molecule has 0 saturated carbocycles. The third-order valence-electron chi connectivity index (χ3n) is 8.08. The van der Waals surface area contributed by atoms with E-state index in [1.807, 2.05) is 50.2 Å². The van der Waals surface area contributed by atoms with Crippen LogP contribution in [0, 0.1) is 0 Å². The van der Waals surface area contributed by atoms with Crippen LogP contribution in [-0.4, -0.2) is 73.8 Å². The Hall–Kier alpha value is -3.50. The molecule has 2 aromatic carbocycles. The van der Waals surface area contributed by atoms with Crippen LogP contribution in [0.4, 0.5) is 16.2 Å². The van der Waals surface area contributed by atoms with Gasteiger partial charge in [0.1, 0.15) is 12.8 Å². The van der Waals surface area contributed by atoms with Gasteiger partial charge in [-0.3, -0.25) is 29.1 Å². The van der Waals surface area contributed by atoms with E-state index in [-0.39, 0.29) is 55.5 Å². The van der Waals surface area contributed by atoms with Gasteiger partial charge in [0.2, 0.25) is 5.91 Å². The van der Waals surface area contributed by atoms with Gasteiger partial charge in [0.15, 0.2) is 0 Å². The van der Waals surface area contributed by atoms with Crippen molar-refractivity contribution in [3.63, 3.8) is 0 Å². The highest BCUT2D eigenvalue weighted by atomic mass is 28.3. The van der Waals surface area contributed by atoms with Crippen LogP contribution in [0.1, 0.15) is 42.6 Å². The Morgan fingerprint density at radius 1 is 0.923 bits per heavy atom. The second-order valence-electron chi connectivity index (χ2n) is 11.0. The van der Waals surface area contributed by atoms with Gasteiger partial charge < -0.3 is 9.64 Å². The Balaban J connectivity index is 1.32. The molecule has 3 aliphatic heterocycles. The maximum atomic E-state index is 13.5. The summed E-state index contributed by atoms with van der Waals surface area (Å²) >= 11 is 0. The van der Waals surface area contributed by atoms with Crippen LogP contribution >= 0.6 is 0 Å². The first-order chi connectivity index (χ1) is 18.7. The monoisotopic (exact) mass is 548 g/mol. The summed E-state index contributed by atoms with van der Waals surface area (Å²) in [5.41, 5.74) is 2.87. The minimum Gasteiger partial charge on any atom is -0.361 e. The predicted octanol–water partition coefficient (Wildman–Crippen LogP) is 3.84. The number of nitrogens with zero attached hydrogens (tertiary/aromatic N) is 4. The van der Waals surface area contributed by atoms with Crippen molar-refractivity contribution in [2.24, 2.45) is 0 Å². The van der Waals surface area contributed by atoms with Crippen molar-refractivity contribution in [2.45, 2.75) is 70.5 Å². The van der Waals surface area contributed by atoms with E-state index in [0.717, 1.165) is 27.9 Å². The highest BCUT2D eigenvalue weighted by molar-refractivity contribution is 6.55. The number of imide groups is 1. The number of urea groups is 1. The largest absolute Gasteiger partial charge is 0.361 e. The number of likely N-dealkylation sites (tertiary alicyclic amines) is 1. The van der Waals surface area contributed by atoms with Gasteiger partial charge in [-0.25, -0.2) is 4.79 Å². The summed E-state index contributed by atoms with van der Waals surface area (Å²) in [6.45, 7) is 9.21. The van der Waals surface area contributed by atoms with Gasteiger partial charge in [-0.2, -0.15) is 0 Å². The Labute approximate surface area is 230 Å². The van der Waals surface area contributed by atoms with E-state index in [4.69, 9.17) is 4.74 Å². The first kappa shape index (κ1) is 27.1. The number of benzene rings is 2. The molecule has 0 radical (unpaired) electrons. The molecule has 0 bridgehead atoms. The second kappa shape index (κ2) is 10.9. The zero-order chi connectivity index (χ0) is 27.8. The molecule has 2 fully saturated rings. The molecule has 0 N–H and O–H groups in total. The van der Waals surface area contributed by atoms with Gasteiger partial charge in [0, 0.05) is 45.3 Å². The molecule has 2 aromatic rings. The van der Waals surface area contributed by atoms with Crippen LogP contribution in [0.2, 0.25) is 19.1 Å². The minimum absolute atomic E-state index is 0.0419. The highest BCUT2D eigenvalue weighted by Gasteiger charge is 2.45. The summed E-state index contributed by atoms with van der Waals surface area (Å²) < 4.78 is 5.64. The molecule has 3 unspecified atom stereocenters. The van der Waals surface area contributed by atoms with Crippen LogP contribution < -0.4 is 9.80 Å². The number of fused-ring (bicyclic) bond motifs is 1. The van der Waals surface area contributed by atoms with E-state index in [0.29, 0.717) is 18.6 Å². The lowest BCUT2D eigenvalue weighted by atomic mass is 10.0. The number of rotatable bonds is 8. The molecular formula is C29H36N4O5Si. The topological polar surface area (TPSA) is 90.5 Å². The number of carbonyl (C=O) groups is 4. The quantitative estimate of drug-likeness (QED) is 0.284. The Kier molecular flexibility index (Phi) is 7.59. The smallest absolute Gasteiger partial charge is 0.329 e. The second-order valence-corrected chi connectivity index (χ2v) is 14.4. The Morgan fingerprint density at radius 3 is 2.31 bits per heavy atom. The summed E-state index contributed by atoms with van der Waals surface area (Å²) in [6, 6.07) is 15.1. The van der Waals surface area contributed by atoms with Crippen molar-refractivity contribution in [1.82, 2.24) is 9.80 Å². The number of hydrogen-bond acceptors (Lipinski definition) is 5. The Morgan fingerprint density at radius 2 is 1.62 bits per heavy atom. The molecule has 3 heterocycles. The fourth-order valence-electron chi connectivity index (χ4n) is 5.63. The molecular weight excluding hydrogens is 512 g/mol. The van der Waals surface area contributed by atoms with E-state index >= 15 is 0 Å². The third-order valence-corrected chi connectivity index (χ3v) is 9.47. The molecule has 10 heteroatoms. The molecule has 39 heavy (non-hydrogen) atoms. The lowest BCUT2D eigenvalue weighted by Crippen LogP contribution is -2.55. The van der Waals surface area contributed by atoms with Crippen LogP contribution in [0.25, 0.3) is 0 Å². The van der Waals surface area contributed by atoms with Gasteiger partial charge in [0.25, 0.3) is 11.8 Å². The molecule has 2 saturated heterocycles. The molecule has 9 nitrogen and oxygen atoms in total. The molecule has 0 spiro atoms. The van der Waals surface area contributed by atoms with Crippen LogP contribution in [0.15, 0.2) is 48.5 Å². The molecule has 206 valence electrons. The van der Waals surface area contributed by atoms with E-state index in [1.165, 1.54) is 0 Å². The number of anilines is 2. The summed E-state index contributed by atoms with van der Waals surface area (Å²) in [4.78, 5) is 59.0. The number of amides is 5. The van der Waals surface area contributed by atoms with Crippen molar-refractivity contribution < 1.29 is 23.9 Å². The summed E-state index contributed by atoms with van der Waals surface area (Å²) in [5, 5.41) is 0. The number of ether oxygens (including phenoxy) is 1. The van der Waals surface area contributed by atoms with Gasteiger partial charge in [-0.1, -0.05) is 31.3 Å². The van der Waals surface area contributed by atoms with Crippen LogP contribution in [0.3, 0.4) is 0 Å². The normalized spacial score (nSPS) is 23.5. The van der Waals surface area contributed by atoms with E-state index in [1.54, 1.807) is 26.8 Å². The van der Waals surface area contributed by atoms with E-state index < -0.39 is 14.8 Å². The third kappa shape index (κ3) is 4.98. The molecule has 5 amide bonds. The predicted molar refractivity (Wildman–Crippen MR) is 151 cm³/mol. The summed E-state index contributed by atoms with van der Waals surface area (Å²) in [6.07, 6.45) is 0.488. The molecule has 3 aliphatic rings. The SMILES string of the molecule is CC1C(C)N(c2ccc3c(c2)CN(C2CCC(=O)N(COCC[SiH](C)C)C2=O)C3=O)C(=O)N1c1ccccc1. The number of piperidine rings is 1. The van der Waals surface area contributed by atoms with Gasteiger partial charge in [-0.05, 0) is 62.2 Å². The van der Waals surface area contributed by atoms with Crippen LogP contribution in [-0.2, 0) is 20.9 Å². The Bertz CT molecular complexity index is 1290. The van der Waals surface area contributed by atoms with Crippen molar-refractivity contribution in [3.05, 3.63) is 59.7 Å². The number of hydrogen-bond donors (Lipinski definition) is 0. The highest BCUT2D eigenvalue weighted by Crippen LogP contribution is 2.36. The lowest BCUT2D eigenvalue weighted by molar-refractivity contribution is -0.158. The molecule has 3 atom stereocenters. The lowest BCUT2D eigenvalue weighted by Gasteiger charge is -2.35. The molecule has 0 aromatic heterocycles. The molecule has 5 rings (SSSR count). The van der Waals surface area contributed by atoms with Crippen molar-refractivity contribution in [3.8, 4) is 0 Å². The maximum Gasteiger partial charge on any atom is 0.329 e. The first-order valence-electron chi connectivity index (χ1n) is 13.7. The summed E-state index contributed by atoms with van der Waals surface area (Å²) in [5.74, 6) is -0.871. The van der Waals surface area contributed by atoms with Crippen molar-refractivity contribution in [1.29, 1.82) is 0 Å². The fraction of sp³-hybridized carbons (Fsp3) is 0.448. The van der Waals surface area contributed by atoms with E-state index in [2.05, 4.69) is 13.1 Å². The zero-order valence-electron chi connectivity index (χ0n) is 23.0. The van der Waals surface area contributed by atoms with Crippen molar-refractivity contribution >= 4 is 43.9 Å². The minimum atomic E-state index is -0.787. The van der Waals surface area contributed by atoms with Crippen LogP contribution in [0.5, 0.6) is 0 Å².